The molecule has 2 aromatic rings. The van der Waals surface area contributed by atoms with Gasteiger partial charge in [-0.1, -0.05) is 44.0 Å². The maximum Gasteiger partial charge on any atom is 0.174 e. The van der Waals surface area contributed by atoms with Crippen molar-refractivity contribution in [2.45, 2.75) is 38.9 Å². The van der Waals surface area contributed by atoms with Crippen molar-refractivity contribution < 1.29 is 9.16 Å². The quantitative estimate of drug-likeness (QED) is 0.328. The zero-order valence-electron chi connectivity index (χ0n) is 18.0. The van der Waals surface area contributed by atoms with Gasteiger partial charge in [-0.25, -0.2) is 5.84 Å². The molecule has 0 saturated heterocycles. The molecule has 1 aromatic heterocycles. The van der Waals surface area contributed by atoms with Crippen molar-refractivity contribution in [2.24, 2.45) is 11.6 Å². The van der Waals surface area contributed by atoms with E-state index in [4.69, 9.17) is 49.2 Å². The van der Waals surface area contributed by atoms with Gasteiger partial charge in [-0.3, -0.25) is 0 Å². The zero-order valence-corrected chi connectivity index (χ0v) is 20.5. The van der Waals surface area contributed by atoms with Gasteiger partial charge in [0.2, 0.25) is 0 Å². The number of halogens is 2. The zero-order chi connectivity index (χ0) is 22.7. The van der Waals surface area contributed by atoms with E-state index in [1.807, 2.05) is 6.07 Å². The third-order valence-electron chi connectivity index (χ3n) is 5.31. The van der Waals surface area contributed by atoms with Crippen LogP contribution in [0.5, 0.6) is 5.75 Å². The summed E-state index contributed by atoms with van der Waals surface area (Å²) < 4.78 is 13.3. The van der Waals surface area contributed by atoms with Crippen LogP contribution in [0.3, 0.4) is 0 Å². The smallest absolute Gasteiger partial charge is 0.174 e. The van der Waals surface area contributed by atoms with Crippen LogP contribution in [-0.4, -0.2) is 37.7 Å². The summed E-state index contributed by atoms with van der Waals surface area (Å²) in [6.07, 6.45) is 3.36. The average Bonchev–Trinajstić information content (AvgIpc) is 3.08. The summed E-state index contributed by atoms with van der Waals surface area (Å²) >= 11 is 12.7. The van der Waals surface area contributed by atoms with Crippen molar-refractivity contribution >= 4 is 48.2 Å². The lowest BCUT2D eigenvalue weighted by Crippen LogP contribution is -2.43. The van der Waals surface area contributed by atoms with Crippen LogP contribution in [-0.2, 0) is 4.43 Å². The van der Waals surface area contributed by atoms with E-state index in [1.54, 1.807) is 29.1 Å². The first-order valence-electron chi connectivity index (χ1n) is 9.51. The SMILES string of the molecule is CC(C)(C)[Si-](C)(C)OCCN(N)/C=C(\N)n1ccc2c(OCC#N)cc(Cl)c(Cl)c21. The minimum atomic E-state index is -1.84. The molecule has 0 radical (unpaired) electrons. The molecule has 0 bridgehead atoms. The Morgan fingerprint density at radius 1 is 1.37 bits per heavy atom. The Kier molecular flexibility index (Phi) is 7.72. The van der Waals surface area contributed by atoms with Crippen LogP contribution in [0, 0.1) is 11.3 Å². The number of ether oxygens (including phenoxy) is 1. The first-order chi connectivity index (χ1) is 13.9. The molecule has 0 aliphatic rings. The summed E-state index contributed by atoms with van der Waals surface area (Å²) in [4.78, 5) is 0. The molecule has 1 heterocycles. The highest BCUT2D eigenvalue weighted by molar-refractivity contribution is 6.74. The number of nitrogens with two attached hydrogens (primary N) is 2. The van der Waals surface area contributed by atoms with E-state index >= 15 is 0 Å². The molecule has 1 aromatic carbocycles. The number of rotatable bonds is 8. The van der Waals surface area contributed by atoms with Gasteiger partial charge >= 0.3 is 0 Å². The lowest BCUT2D eigenvalue weighted by Gasteiger charge is -2.48. The molecular formula is C20H29Cl2N5O2Si-. The van der Waals surface area contributed by atoms with E-state index in [1.165, 1.54) is 5.01 Å². The molecule has 0 saturated carbocycles. The maximum atomic E-state index is 8.79. The third-order valence-corrected chi connectivity index (χ3v) is 10.6. The summed E-state index contributed by atoms with van der Waals surface area (Å²) in [6.45, 7) is 11.9. The van der Waals surface area contributed by atoms with E-state index < -0.39 is 8.32 Å². The first kappa shape index (κ1) is 24.4. The van der Waals surface area contributed by atoms with Gasteiger partial charge in [-0.05, 0) is 14.4 Å². The Labute approximate surface area is 188 Å². The van der Waals surface area contributed by atoms with Crippen LogP contribution in [0.25, 0.3) is 16.7 Å². The van der Waals surface area contributed by atoms with Crippen LogP contribution >= 0.6 is 23.2 Å². The topological polar surface area (TPSA) is 102 Å². The molecule has 0 fully saturated rings. The summed E-state index contributed by atoms with van der Waals surface area (Å²) in [5.41, 5.74) is 6.86. The number of nitrogens with zero attached hydrogens (tertiary/aromatic N) is 3. The summed E-state index contributed by atoms with van der Waals surface area (Å²) in [6, 6.07) is 5.32. The Hall–Kier alpha value is -1.89. The fourth-order valence-electron chi connectivity index (χ4n) is 2.59. The van der Waals surface area contributed by atoms with Gasteiger partial charge in [0.15, 0.2) is 6.61 Å². The minimum absolute atomic E-state index is 0.103. The predicted octanol–water partition coefficient (Wildman–Crippen LogP) is 4.76. The fourth-order valence-corrected chi connectivity index (χ4v) is 4.06. The van der Waals surface area contributed by atoms with E-state index in [9.17, 15) is 0 Å². The number of hydrazine groups is 1. The summed E-state index contributed by atoms with van der Waals surface area (Å²) in [7, 11) is -1.84. The van der Waals surface area contributed by atoms with Crippen LogP contribution in [0.15, 0.2) is 24.5 Å². The standard InChI is InChI=1S/C20H29Cl2N5O2Si/c1-20(2,3)30(4,5)29-11-9-26(25)13-17(24)27-8-6-14-16(28-10-7-23)12-15(21)18(22)19(14)27/h6,8,12-13H,9-11,24-25H2,1-5H3/q-1/b17-13+. The van der Waals surface area contributed by atoms with E-state index in [-0.39, 0.29) is 11.6 Å². The molecule has 30 heavy (non-hydrogen) atoms. The van der Waals surface area contributed by atoms with Gasteiger partial charge in [0.25, 0.3) is 0 Å². The molecular weight excluding hydrogens is 441 g/mol. The van der Waals surface area contributed by atoms with Gasteiger partial charge in [-0.2, -0.15) is 5.26 Å². The Morgan fingerprint density at radius 2 is 2.03 bits per heavy atom. The molecule has 0 unspecified atom stereocenters. The van der Waals surface area contributed by atoms with E-state index in [0.717, 1.165) is 0 Å². The Balaban J connectivity index is 2.22. The molecule has 2 rings (SSSR count). The molecule has 7 nitrogen and oxygen atoms in total. The van der Waals surface area contributed by atoms with Gasteiger partial charge < -0.3 is 24.5 Å². The van der Waals surface area contributed by atoms with Crippen LogP contribution in [0.4, 0.5) is 0 Å². The monoisotopic (exact) mass is 469 g/mol. The van der Waals surface area contributed by atoms with Crippen LogP contribution in [0.2, 0.25) is 28.2 Å². The highest BCUT2D eigenvalue weighted by atomic mass is 35.5. The second kappa shape index (κ2) is 9.50. The molecule has 10 heteroatoms. The molecule has 0 atom stereocenters. The fraction of sp³-hybridized carbons (Fsp3) is 0.450. The number of hydrogen-bond acceptors (Lipinski definition) is 6. The summed E-state index contributed by atoms with van der Waals surface area (Å²) in [5.74, 6) is 6.92. The van der Waals surface area contributed by atoms with Crippen molar-refractivity contribution in [3.8, 4) is 11.8 Å². The van der Waals surface area contributed by atoms with Gasteiger partial charge in [0, 0.05) is 24.3 Å². The number of benzene rings is 1. The highest BCUT2D eigenvalue weighted by Gasteiger charge is 2.24. The maximum absolute atomic E-state index is 8.79. The van der Waals surface area contributed by atoms with Crippen molar-refractivity contribution in [3.05, 3.63) is 34.6 Å². The number of hydrogen-bond donors (Lipinski definition) is 2. The second-order valence-electron chi connectivity index (χ2n) is 8.47. The van der Waals surface area contributed by atoms with Crippen molar-refractivity contribution in [3.63, 3.8) is 0 Å². The molecule has 0 spiro atoms. The van der Waals surface area contributed by atoms with Gasteiger partial charge in [0.1, 0.15) is 17.6 Å². The lowest BCUT2D eigenvalue weighted by molar-refractivity contribution is 0.239. The minimum Gasteiger partial charge on any atom is -0.563 e. The van der Waals surface area contributed by atoms with Crippen LogP contribution < -0.4 is 16.3 Å². The van der Waals surface area contributed by atoms with Crippen molar-refractivity contribution in [1.82, 2.24) is 9.58 Å². The van der Waals surface area contributed by atoms with Crippen molar-refractivity contribution in [2.75, 3.05) is 19.8 Å². The number of nitriles is 1. The first-order valence-corrected chi connectivity index (χ1v) is 13.2. The third kappa shape index (κ3) is 5.42. The molecule has 165 valence electrons. The molecule has 0 aliphatic heterocycles. The molecule has 0 aliphatic carbocycles. The normalized spacial score (nSPS) is 12.8. The second-order valence-corrected chi connectivity index (χ2v) is 14.1. The van der Waals surface area contributed by atoms with Gasteiger partial charge in [-0.15, -0.1) is 18.1 Å². The largest absolute Gasteiger partial charge is 0.563 e. The molecule has 4 N–H and O–H groups in total. The Morgan fingerprint density at radius 3 is 2.63 bits per heavy atom. The number of fused-ring (bicyclic) bond motifs is 1. The highest BCUT2D eigenvalue weighted by Crippen LogP contribution is 2.39. The van der Waals surface area contributed by atoms with Crippen molar-refractivity contribution in [1.29, 1.82) is 5.26 Å². The predicted molar refractivity (Wildman–Crippen MR) is 126 cm³/mol. The Bertz CT molecular complexity index is 976. The average molecular weight is 470 g/mol. The van der Waals surface area contributed by atoms with Gasteiger partial charge in [0.05, 0.1) is 28.3 Å². The molecule has 0 amide bonds. The number of aromatic nitrogens is 1. The summed E-state index contributed by atoms with van der Waals surface area (Å²) in [5, 5.41) is 11.7. The lowest BCUT2D eigenvalue weighted by atomic mass is 10.2. The van der Waals surface area contributed by atoms with Crippen LogP contribution in [0.1, 0.15) is 20.8 Å². The van der Waals surface area contributed by atoms with E-state index in [2.05, 4.69) is 33.9 Å². The van der Waals surface area contributed by atoms with E-state index in [0.29, 0.717) is 45.7 Å².